The van der Waals surface area contributed by atoms with Gasteiger partial charge in [0.2, 0.25) is 5.91 Å². The second-order valence-corrected chi connectivity index (χ2v) is 5.92. The highest BCUT2D eigenvalue weighted by Gasteiger charge is 2.34. The third kappa shape index (κ3) is 3.54. The van der Waals surface area contributed by atoms with E-state index < -0.39 is 12.0 Å². The van der Waals surface area contributed by atoms with Crippen LogP contribution in [-0.4, -0.2) is 44.1 Å². The normalized spacial score (nSPS) is 18.8. The molecule has 1 aliphatic heterocycles. The molecule has 1 aromatic rings. The maximum Gasteiger partial charge on any atom is 0.333 e. The molecule has 0 bridgehead atoms. The van der Waals surface area contributed by atoms with E-state index in [0.717, 1.165) is 0 Å². The van der Waals surface area contributed by atoms with Crippen molar-refractivity contribution in [3.63, 3.8) is 0 Å². The summed E-state index contributed by atoms with van der Waals surface area (Å²) >= 11 is 11.9. The first-order valence-corrected chi connectivity index (χ1v) is 7.58. The first-order chi connectivity index (χ1) is 10.5. The Balaban J connectivity index is 2.30. The van der Waals surface area contributed by atoms with Gasteiger partial charge in [-0.15, -0.1) is 0 Å². The minimum atomic E-state index is -0.868. The molecule has 7 heteroatoms. The molecule has 0 aromatic heterocycles. The fourth-order valence-corrected chi connectivity index (χ4v) is 2.76. The van der Waals surface area contributed by atoms with Gasteiger partial charge in [0.1, 0.15) is 0 Å². The molecule has 22 heavy (non-hydrogen) atoms. The molecule has 1 amide bonds. The smallest absolute Gasteiger partial charge is 0.333 e. The van der Waals surface area contributed by atoms with Gasteiger partial charge in [0.05, 0.1) is 29.7 Å². The Morgan fingerprint density at radius 1 is 1.36 bits per heavy atom. The highest BCUT2D eigenvalue weighted by atomic mass is 35.5. The summed E-state index contributed by atoms with van der Waals surface area (Å²) in [6.07, 6.45) is 0.651. The van der Waals surface area contributed by atoms with E-state index in [4.69, 9.17) is 32.7 Å². The van der Waals surface area contributed by atoms with Crippen LogP contribution in [0.3, 0.4) is 0 Å². The molecule has 2 unspecified atom stereocenters. The van der Waals surface area contributed by atoms with Crippen molar-refractivity contribution in [2.45, 2.75) is 12.5 Å². The Morgan fingerprint density at radius 3 is 2.64 bits per heavy atom. The third-order valence-electron chi connectivity index (χ3n) is 3.70. The van der Waals surface area contributed by atoms with Crippen molar-refractivity contribution in [3.05, 3.63) is 33.8 Å². The minimum absolute atomic E-state index is 0.154. The van der Waals surface area contributed by atoms with E-state index in [0.29, 0.717) is 35.2 Å². The highest BCUT2D eigenvalue weighted by Crippen LogP contribution is 2.30. The summed E-state index contributed by atoms with van der Waals surface area (Å²) in [5, 5.41) is 0.699. The zero-order chi connectivity index (χ0) is 16.3. The SMILES string of the molecule is COC(=O)C(c1ccc(Cl)c(Cl)c1)N(C)C(=O)C1CCOC1. The van der Waals surface area contributed by atoms with Crippen molar-refractivity contribution in [1.82, 2.24) is 4.90 Å². The van der Waals surface area contributed by atoms with Crippen LogP contribution in [0, 0.1) is 5.92 Å². The fraction of sp³-hybridized carbons (Fsp3) is 0.467. The number of nitrogens with zero attached hydrogens (tertiary/aromatic N) is 1. The van der Waals surface area contributed by atoms with E-state index >= 15 is 0 Å². The Kier molecular flexibility index (Phi) is 5.67. The predicted molar refractivity (Wildman–Crippen MR) is 82.9 cm³/mol. The van der Waals surface area contributed by atoms with Gasteiger partial charge in [-0.2, -0.15) is 0 Å². The lowest BCUT2D eigenvalue weighted by molar-refractivity contribution is -0.153. The number of hydrogen-bond acceptors (Lipinski definition) is 4. The lowest BCUT2D eigenvalue weighted by Gasteiger charge is -2.28. The maximum atomic E-state index is 12.5. The number of likely N-dealkylation sites (N-methyl/N-ethyl adjacent to an activating group) is 1. The minimum Gasteiger partial charge on any atom is -0.467 e. The summed E-state index contributed by atoms with van der Waals surface area (Å²) in [4.78, 5) is 26.0. The Labute approximate surface area is 139 Å². The average Bonchev–Trinajstić information content (AvgIpc) is 3.04. The van der Waals surface area contributed by atoms with Gasteiger partial charge in [-0.3, -0.25) is 4.79 Å². The van der Waals surface area contributed by atoms with Crippen molar-refractivity contribution in [3.8, 4) is 0 Å². The van der Waals surface area contributed by atoms with E-state index in [1.54, 1.807) is 25.2 Å². The number of methoxy groups -OCH3 is 1. The van der Waals surface area contributed by atoms with Crippen molar-refractivity contribution in [1.29, 1.82) is 0 Å². The van der Waals surface area contributed by atoms with Gasteiger partial charge >= 0.3 is 5.97 Å². The van der Waals surface area contributed by atoms with Crippen LogP contribution < -0.4 is 0 Å². The van der Waals surface area contributed by atoms with Crippen LogP contribution in [0.5, 0.6) is 0 Å². The van der Waals surface area contributed by atoms with Gasteiger partial charge in [-0.1, -0.05) is 29.3 Å². The monoisotopic (exact) mass is 345 g/mol. The van der Waals surface area contributed by atoms with Gasteiger partial charge in [0, 0.05) is 13.7 Å². The van der Waals surface area contributed by atoms with Crippen LogP contribution in [-0.2, 0) is 19.1 Å². The second-order valence-electron chi connectivity index (χ2n) is 5.11. The van der Waals surface area contributed by atoms with Crippen LogP contribution in [0.2, 0.25) is 10.0 Å². The predicted octanol–water partition coefficient (Wildman–Crippen LogP) is 2.70. The number of benzene rings is 1. The van der Waals surface area contributed by atoms with Crippen molar-refractivity contribution < 1.29 is 19.1 Å². The van der Waals surface area contributed by atoms with Crippen LogP contribution in [0.1, 0.15) is 18.0 Å². The molecular formula is C15H17Cl2NO4. The van der Waals surface area contributed by atoms with E-state index in [1.807, 2.05) is 0 Å². The molecule has 1 fully saturated rings. The van der Waals surface area contributed by atoms with Gasteiger partial charge in [-0.25, -0.2) is 4.79 Å². The Bertz CT molecular complexity index is 573. The molecule has 5 nitrogen and oxygen atoms in total. The van der Waals surface area contributed by atoms with E-state index in [9.17, 15) is 9.59 Å². The molecule has 0 saturated carbocycles. The van der Waals surface area contributed by atoms with E-state index in [-0.39, 0.29) is 11.8 Å². The largest absolute Gasteiger partial charge is 0.467 e. The molecule has 0 radical (unpaired) electrons. The van der Waals surface area contributed by atoms with Crippen LogP contribution in [0.25, 0.3) is 0 Å². The number of rotatable bonds is 4. The first-order valence-electron chi connectivity index (χ1n) is 6.83. The molecule has 1 heterocycles. The molecule has 1 saturated heterocycles. The molecule has 2 rings (SSSR count). The fourth-order valence-electron chi connectivity index (χ4n) is 2.46. The van der Waals surface area contributed by atoms with Crippen LogP contribution >= 0.6 is 23.2 Å². The molecule has 0 aliphatic carbocycles. The zero-order valence-electron chi connectivity index (χ0n) is 12.3. The zero-order valence-corrected chi connectivity index (χ0v) is 13.9. The number of esters is 1. The van der Waals surface area contributed by atoms with Crippen molar-refractivity contribution in [2.24, 2.45) is 5.92 Å². The number of carbonyl (C=O) groups excluding carboxylic acids is 2. The van der Waals surface area contributed by atoms with Gasteiger partial charge in [0.15, 0.2) is 6.04 Å². The number of halogens is 2. The van der Waals surface area contributed by atoms with Crippen molar-refractivity contribution in [2.75, 3.05) is 27.4 Å². The molecule has 0 N–H and O–H groups in total. The summed E-state index contributed by atoms with van der Waals surface area (Å²) in [5.41, 5.74) is 0.552. The Hall–Kier alpha value is -1.30. The van der Waals surface area contributed by atoms with Crippen molar-refractivity contribution >= 4 is 35.1 Å². The quantitative estimate of drug-likeness (QED) is 0.787. The molecule has 1 aliphatic rings. The third-order valence-corrected chi connectivity index (χ3v) is 4.44. The molecule has 2 atom stereocenters. The van der Waals surface area contributed by atoms with Crippen LogP contribution in [0.4, 0.5) is 0 Å². The topological polar surface area (TPSA) is 55.8 Å². The van der Waals surface area contributed by atoms with Gasteiger partial charge in [0.25, 0.3) is 0 Å². The summed E-state index contributed by atoms with van der Waals surface area (Å²) in [6.45, 7) is 0.929. The summed E-state index contributed by atoms with van der Waals surface area (Å²) in [7, 11) is 2.86. The second kappa shape index (κ2) is 7.31. The summed E-state index contributed by atoms with van der Waals surface area (Å²) in [5.74, 6) is -0.924. The molecular weight excluding hydrogens is 329 g/mol. The summed E-state index contributed by atoms with van der Waals surface area (Å²) < 4.78 is 10.1. The lowest BCUT2D eigenvalue weighted by atomic mass is 10.0. The number of carbonyl (C=O) groups is 2. The number of ether oxygens (including phenoxy) is 2. The van der Waals surface area contributed by atoms with E-state index in [2.05, 4.69) is 0 Å². The van der Waals surface area contributed by atoms with Gasteiger partial charge < -0.3 is 14.4 Å². The first kappa shape index (κ1) is 17.1. The standard InChI is InChI=1S/C15H17Cl2NO4/c1-18(14(19)10-5-6-22-8-10)13(15(20)21-2)9-3-4-11(16)12(17)7-9/h3-4,7,10,13H,5-6,8H2,1-2H3. The van der Waals surface area contributed by atoms with Gasteiger partial charge in [-0.05, 0) is 24.1 Å². The average molecular weight is 346 g/mol. The molecule has 120 valence electrons. The maximum absolute atomic E-state index is 12.5. The highest BCUT2D eigenvalue weighted by molar-refractivity contribution is 6.42. The van der Waals surface area contributed by atoms with Crippen LogP contribution in [0.15, 0.2) is 18.2 Å². The molecule has 0 spiro atoms. The number of amides is 1. The lowest BCUT2D eigenvalue weighted by Crippen LogP contribution is -2.40. The summed E-state index contributed by atoms with van der Waals surface area (Å²) in [6, 6.07) is 3.95. The van der Waals surface area contributed by atoms with E-state index in [1.165, 1.54) is 12.0 Å². The Morgan fingerprint density at radius 2 is 2.09 bits per heavy atom. The number of hydrogen-bond donors (Lipinski definition) is 0. The molecule has 1 aromatic carbocycles.